The number of H-pyrrole nitrogens is 1. The molecule has 35 heavy (non-hydrogen) atoms. The summed E-state index contributed by atoms with van der Waals surface area (Å²) >= 11 is 0. The number of rotatable bonds is 4. The number of hydrogen-bond donors (Lipinski definition) is 3. The van der Waals surface area contributed by atoms with Crippen LogP contribution in [0.25, 0.3) is 22.5 Å². The SMILES string of the molecule is CC(C)(C)c1nc(-c2cccc(NC(=O)Nc3ccc(C(F)(F)F)cc3)c2)c(-c2ccncc2)[nH]1. The van der Waals surface area contributed by atoms with Crippen LogP contribution in [-0.2, 0) is 11.6 Å². The van der Waals surface area contributed by atoms with Gasteiger partial charge in [0.25, 0.3) is 0 Å². The van der Waals surface area contributed by atoms with E-state index in [9.17, 15) is 18.0 Å². The highest BCUT2D eigenvalue weighted by molar-refractivity contribution is 6.00. The fourth-order valence-corrected chi connectivity index (χ4v) is 3.45. The van der Waals surface area contributed by atoms with Crippen molar-refractivity contribution in [2.45, 2.75) is 32.4 Å². The van der Waals surface area contributed by atoms with Crippen LogP contribution < -0.4 is 10.6 Å². The molecule has 0 saturated carbocycles. The molecule has 2 aromatic heterocycles. The average molecular weight is 480 g/mol. The molecule has 4 rings (SSSR count). The summed E-state index contributed by atoms with van der Waals surface area (Å²) in [5, 5.41) is 5.26. The molecule has 2 amide bonds. The summed E-state index contributed by atoms with van der Waals surface area (Å²) in [5.41, 5.74) is 3.04. The molecule has 0 atom stereocenters. The number of halogens is 3. The maximum atomic E-state index is 12.7. The lowest BCUT2D eigenvalue weighted by molar-refractivity contribution is -0.137. The van der Waals surface area contributed by atoms with Gasteiger partial charge < -0.3 is 15.6 Å². The summed E-state index contributed by atoms with van der Waals surface area (Å²) < 4.78 is 38.2. The first-order valence-corrected chi connectivity index (χ1v) is 10.9. The molecule has 0 radical (unpaired) electrons. The Hall–Kier alpha value is -4.14. The van der Waals surface area contributed by atoms with Crippen molar-refractivity contribution in [1.82, 2.24) is 15.0 Å². The third-order valence-corrected chi connectivity index (χ3v) is 5.25. The highest BCUT2D eigenvalue weighted by atomic mass is 19.4. The van der Waals surface area contributed by atoms with Crippen LogP contribution in [0.5, 0.6) is 0 Å². The fourth-order valence-electron chi connectivity index (χ4n) is 3.45. The quantitative estimate of drug-likeness (QED) is 0.292. The maximum Gasteiger partial charge on any atom is 0.416 e. The van der Waals surface area contributed by atoms with Crippen LogP contribution in [0.15, 0.2) is 73.1 Å². The van der Waals surface area contributed by atoms with E-state index in [4.69, 9.17) is 4.98 Å². The summed E-state index contributed by atoms with van der Waals surface area (Å²) in [4.78, 5) is 24.8. The second kappa shape index (κ2) is 9.25. The molecule has 9 heteroatoms. The molecule has 0 unspecified atom stereocenters. The minimum Gasteiger partial charge on any atom is -0.341 e. The van der Waals surface area contributed by atoms with Crippen LogP contribution >= 0.6 is 0 Å². The summed E-state index contributed by atoms with van der Waals surface area (Å²) in [6, 6.07) is 14.7. The van der Waals surface area contributed by atoms with Crippen molar-refractivity contribution in [3.8, 4) is 22.5 Å². The number of nitrogens with one attached hydrogen (secondary N) is 3. The number of amides is 2. The number of carbonyl (C=O) groups is 1. The van der Waals surface area contributed by atoms with E-state index in [0.29, 0.717) is 5.69 Å². The summed E-state index contributed by atoms with van der Waals surface area (Å²) in [5.74, 6) is 0.817. The van der Waals surface area contributed by atoms with E-state index in [-0.39, 0.29) is 11.1 Å². The first-order chi connectivity index (χ1) is 16.5. The molecule has 0 fully saturated rings. The third-order valence-electron chi connectivity index (χ3n) is 5.25. The molecule has 6 nitrogen and oxygen atoms in total. The van der Waals surface area contributed by atoms with Crippen molar-refractivity contribution in [1.29, 1.82) is 0 Å². The van der Waals surface area contributed by atoms with Gasteiger partial charge in [-0.25, -0.2) is 9.78 Å². The van der Waals surface area contributed by atoms with E-state index in [0.717, 1.165) is 40.5 Å². The lowest BCUT2D eigenvalue weighted by atomic mass is 9.96. The normalized spacial score (nSPS) is 11.8. The molecule has 0 bridgehead atoms. The van der Waals surface area contributed by atoms with Crippen molar-refractivity contribution in [2.75, 3.05) is 10.6 Å². The highest BCUT2D eigenvalue weighted by Crippen LogP contribution is 2.34. The number of carbonyl (C=O) groups excluding carboxylic acids is 1. The molecule has 180 valence electrons. The van der Waals surface area contributed by atoms with Crippen molar-refractivity contribution in [3.63, 3.8) is 0 Å². The lowest BCUT2D eigenvalue weighted by Gasteiger charge is -2.14. The zero-order valence-electron chi connectivity index (χ0n) is 19.4. The van der Waals surface area contributed by atoms with Gasteiger partial charge >= 0.3 is 12.2 Å². The van der Waals surface area contributed by atoms with E-state index in [1.165, 1.54) is 12.1 Å². The molecular weight excluding hydrogens is 455 g/mol. The van der Waals surface area contributed by atoms with Crippen molar-refractivity contribution < 1.29 is 18.0 Å². The predicted octanol–water partition coefficient (Wildman–Crippen LogP) is 7.10. The van der Waals surface area contributed by atoms with Crippen LogP contribution in [0, 0.1) is 0 Å². The molecule has 0 aliphatic heterocycles. The number of urea groups is 1. The lowest BCUT2D eigenvalue weighted by Crippen LogP contribution is -2.19. The Morgan fingerprint density at radius 1 is 0.857 bits per heavy atom. The first kappa shape index (κ1) is 24.0. The smallest absolute Gasteiger partial charge is 0.341 e. The molecule has 2 heterocycles. The van der Waals surface area contributed by atoms with Gasteiger partial charge in [-0.1, -0.05) is 32.9 Å². The van der Waals surface area contributed by atoms with Crippen molar-refractivity contribution >= 4 is 17.4 Å². The molecule has 0 aliphatic rings. The van der Waals surface area contributed by atoms with E-state index < -0.39 is 17.8 Å². The number of imidazole rings is 1. The van der Waals surface area contributed by atoms with Crippen LogP contribution in [0.1, 0.15) is 32.2 Å². The topological polar surface area (TPSA) is 82.7 Å². The minimum absolute atomic E-state index is 0.211. The van der Waals surface area contributed by atoms with E-state index >= 15 is 0 Å². The number of nitrogens with zero attached hydrogens (tertiary/aromatic N) is 2. The Balaban J connectivity index is 1.58. The predicted molar refractivity (Wildman–Crippen MR) is 130 cm³/mol. The van der Waals surface area contributed by atoms with Gasteiger partial charge in [0.1, 0.15) is 5.82 Å². The zero-order chi connectivity index (χ0) is 25.2. The van der Waals surface area contributed by atoms with Crippen LogP contribution in [0.2, 0.25) is 0 Å². The monoisotopic (exact) mass is 479 g/mol. The highest BCUT2D eigenvalue weighted by Gasteiger charge is 2.30. The first-order valence-electron chi connectivity index (χ1n) is 10.9. The summed E-state index contributed by atoms with van der Waals surface area (Å²) in [6.45, 7) is 6.19. The van der Waals surface area contributed by atoms with Gasteiger partial charge in [-0.15, -0.1) is 0 Å². The van der Waals surface area contributed by atoms with Crippen LogP contribution in [0.3, 0.4) is 0 Å². The molecule has 0 aliphatic carbocycles. The van der Waals surface area contributed by atoms with Crippen molar-refractivity contribution in [2.24, 2.45) is 0 Å². The van der Waals surface area contributed by atoms with Gasteiger partial charge in [0.15, 0.2) is 0 Å². The molecule has 0 saturated heterocycles. The Kier molecular flexibility index (Phi) is 6.34. The van der Waals surface area contributed by atoms with Crippen LogP contribution in [-0.4, -0.2) is 21.0 Å². The van der Waals surface area contributed by atoms with E-state index in [1.807, 2.05) is 18.2 Å². The standard InChI is InChI=1S/C26H24F3N5O/c1-25(2,3)23-33-21(16-11-13-30-14-12-16)22(34-23)17-5-4-6-20(15-17)32-24(35)31-19-9-7-18(8-10-19)26(27,28)29/h4-15H,1-3H3,(H,33,34)(H2,31,32,35). The summed E-state index contributed by atoms with van der Waals surface area (Å²) in [6.07, 6.45) is -1.02. The average Bonchev–Trinajstić information content (AvgIpc) is 3.26. The van der Waals surface area contributed by atoms with E-state index in [2.05, 4.69) is 41.4 Å². The van der Waals surface area contributed by atoms with Crippen molar-refractivity contribution in [3.05, 3.63) is 84.4 Å². The molecular formula is C26H24F3N5O. The Morgan fingerprint density at radius 2 is 1.51 bits per heavy atom. The number of pyridine rings is 1. The van der Waals surface area contributed by atoms with Gasteiger partial charge in [-0.05, 0) is 48.5 Å². The van der Waals surface area contributed by atoms with Gasteiger partial charge in [-0.3, -0.25) is 4.98 Å². The summed E-state index contributed by atoms with van der Waals surface area (Å²) in [7, 11) is 0. The number of hydrogen-bond acceptors (Lipinski definition) is 3. The second-order valence-corrected chi connectivity index (χ2v) is 9.03. The molecule has 2 aromatic carbocycles. The largest absolute Gasteiger partial charge is 0.416 e. The Bertz CT molecular complexity index is 1320. The van der Waals surface area contributed by atoms with Gasteiger partial charge in [0.05, 0.1) is 17.0 Å². The number of benzene rings is 2. The third kappa shape index (κ3) is 5.68. The minimum atomic E-state index is -4.44. The molecule has 4 aromatic rings. The number of aromatic amines is 1. The molecule has 3 N–H and O–H groups in total. The van der Waals surface area contributed by atoms with Crippen LogP contribution in [0.4, 0.5) is 29.3 Å². The van der Waals surface area contributed by atoms with Gasteiger partial charge in [-0.2, -0.15) is 13.2 Å². The van der Waals surface area contributed by atoms with Gasteiger partial charge in [0, 0.05) is 40.3 Å². The number of alkyl halides is 3. The number of anilines is 2. The van der Waals surface area contributed by atoms with E-state index in [1.54, 1.807) is 30.6 Å². The van der Waals surface area contributed by atoms with Gasteiger partial charge in [0.2, 0.25) is 0 Å². The Morgan fingerprint density at radius 3 is 2.14 bits per heavy atom. The Labute approximate surface area is 200 Å². The second-order valence-electron chi connectivity index (χ2n) is 9.03. The zero-order valence-corrected chi connectivity index (χ0v) is 19.4. The fraction of sp³-hybridized carbons (Fsp3) is 0.192. The molecule has 0 spiro atoms. The maximum absolute atomic E-state index is 12.7. The number of aromatic nitrogens is 3.